The molecule has 9 heteroatoms. The minimum atomic E-state index is -0.502. The number of fused-ring (bicyclic) bond motifs is 1. The van der Waals surface area contributed by atoms with Crippen molar-refractivity contribution in [2.45, 2.75) is 19.4 Å². The van der Waals surface area contributed by atoms with Crippen LogP contribution in [-0.4, -0.2) is 31.6 Å². The fourth-order valence-corrected chi connectivity index (χ4v) is 2.64. The zero-order valence-corrected chi connectivity index (χ0v) is 13.9. The number of carbonyl (C=O) groups excluding carboxylic acids is 1. The number of benzene rings is 1. The van der Waals surface area contributed by atoms with Crippen LogP contribution in [0.4, 0.5) is 5.69 Å². The summed E-state index contributed by atoms with van der Waals surface area (Å²) >= 11 is 0. The van der Waals surface area contributed by atoms with E-state index >= 15 is 0 Å². The van der Waals surface area contributed by atoms with E-state index < -0.39 is 4.92 Å². The maximum Gasteiger partial charge on any atom is 0.350 e. The van der Waals surface area contributed by atoms with E-state index in [1.54, 1.807) is 42.6 Å². The molecule has 9 nitrogen and oxygen atoms in total. The third kappa shape index (κ3) is 3.77. The van der Waals surface area contributed by atoms with Gasteiger partial charge in [-0.2, -0.15) is 0 Å². The standard InChI is InChI=1S/C17H17N5O4/c23-16(12-13-6-1-2-7-14(13)22(25)26)18-9-5-11-21-17(24)20-10-4-3-8-15(20)19-21/h1-4,6-8,10H,5,9,11-12H2,(H,18,23). The lowest BCUT2D eigenvalue weighted by Gasteiger charge is -2.05. The number of carbonyl (C=O) groups is 1. The van der Waals surface area contributed by atoms with Crippen LogP contribution in [0.25, 0.3) is 5.65 Å². The van der Waals surface area contributed by atoms with E-state index in [1.165, 1.54) is 15.1 Å². The molecule has 1 amide bonds. The third-order valence-corrected chi connectivity index (χ3v) is 3.90. The molecule has 0 aliphatic carbocycles. The lowest BCUT2D eigenvalue weighted by Crippen LogP contribution is -2.28. The second kappa shape index (κ2) is 7.60. The van der Waals surface area contributed by atoms with Crippen molar-refractivity contribution in [1.82, 2.24) is 19.5 Å². The summed E-state index contributed by atoms with van der Waals surface area (Å²) in [6, 6.07) is 11.5. The summed E-state index contributed by atoms with van der Waals surface area (Å²) in [5, 5.41) is 17.9. The molecule has 0 bridgehead atoms. The molecule has 1 N–H and O–H groups in total. The summed E-state index contributed by atoms with van der Waals surface area (Å²) in [4.78, 5) is 34.6. The molecule has 0 unspecified atom stereocenters. The van der Waals surface area contributed by atoms with Crippen molar-refractivity contribution in [3.8, 4) is 0 Å². The first-order valence-electron chi connectivity index (χ1n) is 8.09. The molecule has 0 radical (unpaired) electrons. The van der Waals surface area contributed by atoms with Gasteiger partial charge >= 0.3 is 5.69 Å². The Morgan fingerprint density at radius 3 is 2.73 bits per heavy atom. The smallest absolute Gasteiger partial charge is 0.350 e. The lowest BCUT2D eigenvalue weighted by molar-refractivity contribution is -0.385. The molecule has 3 rings (SSSR count). The summed E-state index contributed by atoms with van der Waals surface area (Å²) < 4.78 is 2.80. The van der Waals surface area contributed by atoms with Gasteiger partial charge in [-0.05, 0) is 18.6 Å². The van der Waals surface area contributed by atoms with Gasteiger partial charge in [0.05, 0.1) is 11.3 Å². The first-order chi connectivity index (χ1) is 12.6. The minimum absolute atomic E-state index is 0.0640. The summed E-state index contributed by atoms with van der Waals surface area (Å²) in [5.74, 6) is -0.304. The van der Waals surface area contributed by atoms with Gasteiger partial charge in [0.25, 0.3) is 5.69 Å². The van der Waals surface area contributed by atoms with Crippen molar-refractivity contribution in [2.75, 3.05) is 6.54 Å². The van der Waals surface area contributed by atoms with E-state index in [0.29, 0.717) is 30.7 Å². The van der Waals surface area contributed by atoms with E-state index in [4.69, 9.17) is 0 Å². The van der Waals surface area contributed by atoms with Crippen LogP contribution in [0, 0.1) is 10.1 Å². The zero-order valence-electron chi connectivity index (χ0n) is 13.9. The number of nitrogens with zero attached hydrogens (tertiary/aromatic N) is 4. The number of nitro benzene ring substituents is 1. The van der Waals surface area contributed by atoms with Gasteiger partial charge in [0.2, 0.25) is 5.91 Å². The van der Waals surface area contributed by atoms with E-state index in [2.05, 4.69) is 10.4 Å². The maximum absolute atomic E-state index is 12.1. The summed E-state index contributed by atoms with van der Waals surface area (Å²) in [6.07, 6.45) is 2.10. The Hall–Kier alpha value is -3.49. The Labute approximate surface area is 148 Å². The highest BCUT2D eigenvalue weighted by Crippen LogP contribution is 2.17. The number of hydrogen-bond acceptors (Lipinski definition) is 5. The monoisotopic (exact) mass is 355 g/mol. The average Bonchev–Trinajstić information content (AvgIpc) is 2.95. The largest absolute Gasteiger partial charge is 0.356 e. The first-order valence-corrected chi connectivity index (χ1v) is 8.09. The quantitative estimate of drug-likeness (QED) is 0.388. The molecular formula is C17H17N5O4. The topological polar surface area (TPSA) is 112 Å². The van der Waals surface area contributed by atoms with E-state index in [9.17, 15) is 19.7 Å². The number of pyridine rings is 1. The van der Waals surface area contributed by atoms with Crippen LogP contribution in [-0.2, 0) is 17.8 Å². The number of para-hydroxylation sites is 1. The second-order valence-corrected chi connectivity index (χ2v) is 5.70. The second-order valence-electron chi connectivity index (χ2n) is 5.70. The number of nitro groups is 1. The van der Waals surface area contributed by atoms with Gasteiger partial charge in [0.1, 0.15) is 0 Å². The molecule has 0 spiro atoms. The number of rotatable bonds is 7. The molecule has 0 atom stereocenters. The van der Waals surface area contributed by atoms with Crippen LogP contribution in [0.5, 0.6) is 0 Å². The van der Waals surface area contributed by atoms with Gasteiger partial charge in [-0.1, -0.05) is 24.3 Å². The predicted octanol–water partition coefficient (Wildman–Crippen LogP) is 1.15. The summed E-state index contributed by atoms with van der Waals surface area (Å²) in [7, 11) is 0. The molecule has 134 valence electrons. The Morgan fingerprint density at radius 1 is 1.19 bits per heavy atom. The molecular weight excluding hydrogens is 338 g/mol. The fraction of sp³-hybridized carbons (Fsp3) is 0.235. The Bertz CT molecular complexity index is 1010. The number of hydrogen-bond donors (Lipinski definition) is 1. The van der Waals surface area contributed by atoms with Crippen LogP contribution in [0.3, 0.4) is 0 Å². The lowest BCUT2D eigenvalue weighted by atomic mass is 10.1. The fourth-order valence-electron chi connectivity index (χ4n) is 2.64. The molecule has 26 heavy (non-hydrogen) atoms. The Morgan fingerprint density at radius 2 is 1.96 bits per heavy atom. The van der Waals surface area contributed by atoms with Crippen molar-refractivity contribution < 1.29 is 9.72 Å². The highest BCUT2D eigenvalue weighted by Gasteiger charge is 2.15. The molecule has 0 saturated carbocycles. The molecule has 2 aromatic heterocycles. The van der Waals surface area contributed by atoms with Crippen LogP contribution in [0.15, 0.2) is 53.5 Å². The Kier molecular flexibility index (Phi) is 5.07. The molecule has 0 saturated heterocycles. The van der Waals surface area contributed by atoms with Crippen LogP contribution >= 0.6 is 0 Å². The van der Waals surface area contributed by atoms with Crippen molar-refractivity contribution >= 4 is 17.2 Å². The van der Waals surface area contributed by atoms with Gasteiger partial charge in [-0.25, -0.2) is 9.48 Å². The molecule has 0 fully saturated rings. The van der Waals surface area contributed by atoms with Gasteiger partial charge in [0, 0.05) is 30.9 Å². The number of aryl methyl sites for hydroxylation is 1. The summed E-state index contributed by atoms with van der Waals surface area (Å²) in [5.41, 5.74) is 0.634. The third-order valence-electron chi connectivity index (χ3n) is 3.90. The molecule has 2 heterocycles. The van der Waals surface area contributed by atoms with Crippen molar-refractivity contribution in [2.24, 2.45) is 0 Å². The maximum atomic E-state index is 12.1. The first kappa shape index (κ1) is 17.3. The number of amides is 1. The highest BCUT2D eigenvalue weighted by molar-refractivity contribution is 5.79. The zero-order chi connectivity index (χ0) is 18.5. The highest BCUT2D eigenvalue weighted by atomic mass is 16.6. The van der Waals surface area contributed by atoms with Crippen LogP contribution in [0.2, 0.25) is 0 Å². The molecule has 0 aliphatic rings. The van der Waals surface area contributed by atoms with Crippen molar-refractivity contribution in [3.63, 3.8) is 0 Å². The van der Waals surface area contributed by atoms with Gasteiger partial charge in [-0.3, -0.25) is 19.3 Å². The van der Waals surface area contributed by atoms with Crippen molar-refractivity contribution in [1.29, 1.82) is 0 Å². The SMILES string of the molecule is O=C(Cc1ccccc1[N+](=O)[O-])NCCCn1nc2ccccn2c1=O. The molecule has 0 aliphatic heterocycles. The predicted molar refractivity (Wildman–Crippen MR) is 93.9 cm³/mol. The molecule has 1 aromatic carbocycles. The van der Waals surface area contributed by atoms with E-state index in [1.807, 2.05) is 0 Å². The average molecular weight is 355 g/mol. The van der Waals surface area contributed by atoms with Crippen LogP contribution < -0.4 is 11.0 Å². The Balaban J connectivity index is 1.52. The number of aromatic nitrogens is 3. The summed E-state index contributed by atoms with van der Waals surface area (Å²) in [6.45, 7) is 0.714. The van der Waals surface area contributed by atoms with E-state index in [0.717, 1.165) is 0 Å². The molecule has 3 aromatic rings. The van der Waals surface area contributed by atoms with E-state index in [-0.39, 0.29) is 23.7 Å². The van der Waals surface area contributed by atoms with Crippen molar-refractivity contribution in [3.05, 3.63) is 74.8 Å². The van der Waals surface area contributed by atoms with Gasteiger partial charge < -0.3 is 5.32 Å². The number of nitrogens with one attached hydrogen (secondary N) is 1. The van der Waals surface area contributed by atoms with Gasteiger partial charge in [0.15, 0.2) is 5.65 Å². The van der Waals surface area contributed by atoms with Crippen LogP contribution in [0.1, 0.15) is 12.0 Å². The normalized spacial score (nSPS) is 10.8. The van der Waals surface area contributed by atoms with Gasteiger partial charge in [-0.15, -0.1) is 5.10 Å². The minimum Gasteiger partial charge on any atom is -0.356 e.